The van der Waals surface area contributed by atoms with Crippen molar-refractivity contribution < 1.29 is 23.5 Å². The molecule has 0 aliphatic rings. The van der Waals surface area contributed by atoms with Gasteiger partial charge in [0.1, 0.15) is 0 Å². The van der Waals surface area contributed by atoms with Crippen molar-refractivity contribution in [1.29, 1.82) is 0 Å². The van der Waals surface area contributed by atoms with Crippen LogP contribution in [0.1, 0.15) is 17.9 Å². The maximum Gasteiger partial charge on any atom is 0.323 e. The molecule has 9 heteroatoms. The number of nitro groups is 1. The summed E-state index contributed by atoms with van der Waals surface area (Å²) in [4.78, 5) is 10.5. The molecule has 0 unspecified atom stereocenters. The number of ether oxygens (including phenoxy) is 1. The number of rotatable bonds is 4. The summed E-state index contributed by atoms with van der Waals surface area (Å²) in [5.41, 5.74) is -0.421. The Morgan fingerprint density at radius 2 is 2.10 bits per heavy atom. The van der Waals surface area contributed by atoms with Gasteiger partial charge in [0.05, 0.1) is 11.0 Å². The van der Waals surface area contributed by atoms with Gasteiger partial charge in [-0.1, -0.05) is 27.3 Å². The first-order chi connectivity index (χ1) is 9.79. The molecule has 1 aromatic carbocycles. The van der Waals surface area contributed by atoms with E-state index in [-0.39, 0.29) is 14.4 Å². The summed E-state index contributed by atoms with van der Waals surface area (Å²) in [6, 6.07) is 3.20. The molecule has 112 valence electrons. The fraction of sp³-hybridized carbons (Fsp3) is 0.167. The number of aliphatic hydroxyl groups is 1. The summed E-state index contributed by atoms with van der Waals surface area (Å²) in [5, 5.41) is 20.2. The molecule has 21 heavy (non-hydrogen) atoms. The summed E-state index contributed by atoms with van der Waals surface area (Å²) in [7, 11) is 0. The zero-order chi connectivity index (χ0) is 15.7. The van der Waals surface area contributed by atoms with Crippen LogP contribution in [0.15, 0.2) is 22.7 Å². The first-order valence-electron chi connectivity index (χ1n) is 5.58. The normalized spacial score (nSPS) is 12.2. The van der Waals surface area contributed by atoms with Gasteiger partial charge < -0.3 is 9.84 Å². The van der Waals surface area contributed by atoms with Crippen molar-refractivity contribution in [1.82, 2.24) is 0 Å². The van der Waals surface area contributed by atoms with Gasteiger partial charge in [-0.2, -0.15) is 4.39 Å². The highest BCUT2D eigenvalue weighted by Crippen LogP contribution is 2.43. The van der Waals surface area contributed by atoms with E-state index in [1.54, 1.807) is 0 Å². The van der Waals surface area contributed by atoms with Crippen LogP contribution in [0.3, 0.4) is 0 Å². The first-order valence-corrected chi connectivity index (χ1v) is 7.19. The predicted octanol–water partition coefficient (Wildman–Crippen LogP) is 4.54. The maximum atomic E-state index is 13.6. The van der Waals surface area contributed by atoms with Crippen molar-refractivity contribution >= 4 is 33.0 Å². The van der Waals surface area contributed by atoms with Crippen LogP contribution in [0.4, 0.5) is 14.5 Å². The Labute approximate surface area is 130 Å². The minimum Gasteiger partial charge on any atom is -0.437 e. The molecule has 0 saturated heterocycles. The van der Waals surface area contributed by atoms with Crippen molar-refractivity contribution in [3.63, 3.8) is 0 Å². The van der Waals surface area contributed by atoms with Gasteiger partial charge in [-0.15, -0.1) is 0 Å². The smallest absolute Gasteiger partial charge is 0.323 e. The van der Waals surface area contributed by atoms with Crippen LogP contribution in [0.25, 0.3) is 0 Å². The van der Waals surface area contributed by atoms with Crippen LogP contribution in [0.5, 0.6) is 10.8 Å². The molecule has 2 aromatic rings. The summed E-state index contributed by atoms with van der Waals surface area (Å²) in [6.45, 7) is 1.43. The number of nitrogens with zero attached hydrogens (tertiary/aromatic N) is 1. The average molecular weight is 380 g/mol. The molecule has 0 spiro atoms. The molecule has 0 amide bonds. The molecule has 0 saturated carbocycles. The monoisotopic (exact) mass is 379 g/mol. The molecule has 0 fully saturated rings. The topological polar surface area (TPSA) is 72.6 Å². The Morgan fingerprint density at radius 3 is 2.67 bits per heavy atom. The number of thiophene rings is 1. The minimum atomic E-state index is -1.25. The first kappa shape index (κ1) is 15.8. The Kier molecular flexibility index (Phi) is 4.55. The Morgan fingerprint density at radius 1 is 1.43 bits per heavy atom. The third-order valence-corrected chi connectivity index (χ3v) is 4.10. The van der Waals surface area contributed by atoms with Crippen molar-refractivity contribution in [2.24, 2.45) is 0 Å². The Bertz CT molecular complexity index is 705. The molecule has 1 atom stereocenters. The van der Waals surface area contributed by atoms with Crippen LogP contribution in [-0.2, 0) is 0 Å². The Hall–Kier alpha value is -1.58. The number of hydrogen-bond donors (Lipinski definition) is 1. The van der Waals surface area contributed by atoms with Gasteiger partial charge in [-0.25, -0.2) is 4.39 Å². The largest absolute Gasteiger partial charge is 0.437 e. The van der Waals surface area contributed by atoms with Gasteiger partial charge in [-0.05, 0) is 19.1 Å². The molecule has 0 bridgehead atoms. The van der Waals surface area contributed by atoms with E-state index in [9.17, 15) is 24.0 Å². The van der Waals surface area contributed by atoms with E-state index in [4.69, 9.17) is 4.74 Å². The second-order valence-electron chi connectivity index (χ2n) is 4.06. The van der Waals surface area contributed by atoms with Crippen LogP contribution < -0.4 is 4.74 Å². The van der Waals surface area contributed by atoms with Gasteiger partial charge >= 0.3 is 5.69 Å². The standard InChI is InChI=1S/C12H8BrF2NO4S/c1-5(17)10-4-8(16(18)19)12(21-10)20-9-3-6(13)2-7(14)11(9)15/h2-5,17H,1H3/t5-/m1/s1. The van der Waals surface area contributed by atoms with Crippen molar-refractivity contribution in [3.8, 4) is 10.8 Å². The van der Waals surface area contributed by atoms with E-state index in [0.717, 1.165) is 29.5 Å². The summed E-state index contributed by atoms with van der Waals surface area (Å²) in [5.74, 6) is -2.88. The molecular formula is C12H8BrF2NO4S. The van der Waals surface area contributed by atoms with E-state index in [1.807, 2.05) is 0 Å². The second kappa shape index (κ2) is 6.04. The molecule has 1 aromatic heterocycles. The minimum absolute atomic E-state index is 0.228. The molecular weight excluding hydrogens is 372 g/mol. The lowest BCUT2D eigenvalue weighted by Gasteiger charge is -2.05. The molecule has 0 aliphatic carbocycles. The van der Waals surface area contributed by atoms with Crippen LogP contribution in [0.2, 0.25) is 0 Å². The Balaban J connectivity index is 2.46. The number of aliphatic hydroxyl groups excluding tert-OH is 1. The quantitative estimate of drug-likeness (QED) is 0.480. The molecule has 5 nitrogen and oxygen atoms in total. The van der Waals surface area contributed by atoms with E-state index in [0.29, 0.717) is 0 Å². The van der Waals surface area contributed by atoms with Gasteiger partial charge in [0.2, 0.25) is 5.82 Å². The number of halogens is 3. The van der Waals surface area contributed by atoms with Gasteiger partial charge in [0.25, 0.3) is 5.06 Å². The van der Waals surface area contributed by atoms with Crippen molar-refractivity contribution in [3.05, 3.63) is 49.3 Å². The van der Waals surface area contributed by atoms with E-state index in [1.165, 1.54) is 6.92 Å². The maximum absolute atomic E-state index is 13.6. The zero-order valence-corrected chi connectivity index (χ0v) is 12.9. The van der Waals surface area contributed by atoms with Crippen LogP contribution in [-0.4, -0.2) is 10.0 Å². The fourth-order valence-corrected chi connectivity index (χ4v) is 2.83. The molecule has 1 heterocycles. The summed E-state index contributed by atoms with van der Waals surface area (Å²) >= 11 is 3.77. The molecule has 0 radical (unpaired) electrons. The fourth-order valence-electron chi connectivity index (χ4n) is 1.50. The highest BCUT2D eigenvalue weighted by Gasteiger charge is 2.24. The van der Waals surface area contributed by atoms with Gasteiger partial charge in [0, 0.05) is 15.4 Å². The number of benzene rings is 1. The zero-order valence-electron chi connectivity index (χ0n) is 10.5. The third kappa shape index (κ3) is 3.36. The van der Waals surface area contributed by atoms with Gasteiger partial charge in [0.15, 0.2) is 11.6 Å². The summed E-state index contributed by atoms with van der Waals surface area (Å²) < 4.78 is 32.3. The van der Waals surface area contributed by atoms with E-state index >= 15 is 0 Å². The lowest BCUT2D eigenvalue weighted by Crippen LogP contribution is -1.93. The van der Waals surface area contributed by atoms with Crippen LogP contribution in [0, 0.1) is 21.7 Å². The molecule has 1 N–H and O–H groups in total. The predicted molar refractivity (Wildman–Crippen MR) is 75.7 cm³/mol. The number of hydrogen-bond acceptors (Lipinski definition) is 5. The van der Waals surface area contributed by atoms with Crippen molar-refractivity contribution in [2.45, 2.75) is 13.0 Å². The summed E-state index contributed by atoms with van der Waals surface area (Å²) in [6.07, 6.45) is -0.935. The lowest BCUT2D eigenvalue weighted by molar-refractivity contribution is -0.385. The van der Waals surface area contributed by atoms with E-state index < -0.39 is 34.1 Å². The molecule has 2 rings (SSSR count). The van der Waals surface area contributed by atoms with Gasteiger partial charge in [-0.3, -0.25) is 10.1 Å². The average Bonchev–Trinajstić information content (AvgIpc) is 2.79. The van der Waals surface area contributed by atoms with Crippen molar-refractivity contribution in [2.75, 3.05) is 0 Å². The van der Waals surface area contributed by atoms with E-state index in [2.05, 4.69) is 15.9 Å². The third-order valence-electron chi connectivity index (χ3n) is 2.47. The highest BCUT2D eigenvalue weighted by molar-refractivity contribution is 9.10. The molecule has 0 aliphatic heterocycles. The van der Waals surface area contributed by atoms with Crippen LogP contribution >= 0.6 is 27.3 Å². The second-order valence-corrected chi connectivity index (χ2v) is 6.02. The lowest BCUT2D eigenvalue weighted by atomic mass is 10.3. The highest BCUT2D eigenvalue weighted by atomic mass is 79.9. The SMILES string of the molecule is C[C@@H](O)c1cc([N+](=O)[O-])c(Oc2cc(Br)cc(F)c2F)s1.